The number of anilines is 2. The summed E-state index contributed by atoms with van der Waals surface area (Å²) >= 11 is 5.81. The van der Waals surface area contributed by atoms with Crippen molar-refractivity contribution in [3.8, 4) is 5.75 Å². The van der Waals surface area contributed by atoms with E-state index in [9.17, 15) is 13.2 Å². The van der Waals surface area contributed by atoms with Crippen LogP contribution in [-0.4, -0.2) is 28.0 Å². The van der Waals surface area contributed by atoms with E-state index >= 15 is 0 Å². The quantitative estimate of drug-likeness (QED) is 0.610. The number of benzene rings is 3. The molecule has 0 saturated heterocycles. The number of hydrogen-bond acceptors (Lipinski definition) is 4. The zero-order valence-corrected chi connectivity index (χ0v) is 17.2. The highest BCUT2D eigenvalue weighted by Crippen LogP contribution is 2.21. The van der Waals surface area contributed by atoms with Gasteiger partial charge in [0.25, 0.3) is 15.9 Å². The molecule has 150 valence electrons. The van der Waals surface area contributed by atoms with E-state index in [0.29, 0.717) is 16.5 Å². The molecule has 8 heteroatoms. The highest BCUT2D eigenvalue weighted by molar-refractivity contribution is 7.92. The lowest BCUT2D eigenvalue weighted by Gasteiger charge is -2.17. The number of nitrogens with one attached hydrogen (secondary N) is 1. The number of carbonyl (C=O) groups is 1. The zero-order valence-electron chi connectivity index (χ0n) is 15.6. The van der Waals surface area contributed by atoms with E-state index in [1.807, 2.05) is 30.3 Å². The van der Waals surface area contributed by atoms with Crippen LogP contribution >= 0.6 is 11.6 Å². The van der Waals surface area contributed by atoms with Crippen LogP contribution < -0.4 is 14.4 Å². The van der Waals surface area contributed by atoms with Crippen LogP contribution in [0.4, 0.5) is 11.4 Å². The largest absolute Gasteiger partial charge is 0.484 e. The van der Waals surface area contributed by atoms with Gasteiger partial charge in [-0.3, -0.25) is 9.52 Å². The fourth-order valence-electron chi connectivity index (χ4n) is 2.48. The molecule has 29 heavy (non-hydrogen) atoms. The molecule has 0 aromatic heterocycles. The summed E-state index contributed by atoms with van der Waals surface area (Å²) < 4.78 is 32.9. The van der Waals surface area contributed by atoms with Crippen LogP contribution in [0.5, 0.6) is 5.75 Å². The third-order valence-electron chi connectivity index (χ3n) is 4.11. The first-order valence-corrected chi connectivity index (χ1v) is 10.5. The van der Waals surface area contributed by atoms with Crippen LogP contribution in [0.25, 0.3) is 0 Å². The molecule has 0 saturated carbocycles. The third kappa shape index (κ3) is 5.49. The van der Waals surface area contributed by atoms with E-state index < -0.39 is 10.0 Å². The van der Waals surface area contributed by atoms with Gasteiger partial charge >= 0.3 is 0 Å². The third-order valence-corrected chi connectivity index (χ3v) is 5.76. The Kier molecular flexibility index (Phi) is 6.41. The van der Waals surface area contributed by atoms with Crippen molar-refractivity contribution >= 4 is 38.9 Å². The Labute approximate surface area is 174 Å². The van der Waals surface area contributed by atoms with Crippen molar-refractivity contribution < 1.29 is 17.9 Å². The molecule has 0 radical (unpaired) electrons. The Morgan fingerprint density at radius 2 is 1.59 bits per heavy atom. The Bertz CT molecular complexity index is 1070. The molecule has 3 rings (SSSR count). The van der Waals surface area contributed by atoms with Crippen molar-refractivity contribution in [1.29, 1.82) is 0 Å². The van der Waals surface area contributed by atoms with Gasteiger partial charge < -0.3 is 9.64 Å². The first-order chi connectivity index (χ1) is 13.8. The molecule has 6 nitrogen and oxygen atoms in total. The molecule has 0 atom stereocenters. The maximum atomic E-state index is 12.5. The van der Waals surface area contributed by atoms with Crippen molar-refractivity contribution in [3.05, 3.63) is 83.9 Å². The van der Waals surface area contributed by atoms with Gasteiger partial charge in [0.1, 0.15) is 5.75 Å². The normalized spacial score (nSPS) is 11.0. The predicted molar refractivity (Wildman–Crippen MR) is 114 cm³/mol. The number of sulfonamides is 1. The van der Waals surface area contributed by atoms with Crippen LogP contribution in [0.1, 0.15) is 0 Å². The lowest BCUT2D eigenvalue weighted by Crippen LogP contribution is -2.31. The van der Waals surface area contributed by atoms with Gasteiger partial charge in [0.05, 0.1) is 4.90 Å². The number of halogens is 1. The fraction of sp³-hybridized carbons (Fsp3) is 0.0952. The topological polar surface area (TPSA) is 75.7 Å². The van der Waals surface area contributed by atoms with Crippen LogP contribution in [-0.2, 0) is 14.8 Å². The lowest BCUT2D eigenvalue weighted by molar-refractivity contribution is -0.120. The second-order valence-corrected chi connectivity index (χ2v) is 8.28. The first-order valence-electron chi connectivity index (χ1n) is 8.68. The number of rotatable bonds is 7. The van der Waals surface area contributed by atoms with E-state index in [-0.39, 0.29) is 17.4 Å². The van der Waals surface area contributed by atoms with Crippen molar-refractivity contribution in [1.82, 2.24) is 0 Å². The molecular formula is C21H19ClN2O4S. The van der Waals surface area contributed by atoms with Crippen molar-refractivity contribution in [2.75, 3.05) is 23.3 Å². The van der Waals surface area contributed by atoms with Crippen LogP contribution in [0.3, 0.4) is 0 Å². The second-order valence-electron chi connectivity index (χ2n) is 6.16. The van der Waals surface area contributed by atoms with Gasteiger partial charge in [0.2, 0.25) is 0 Å². The van der Waals surface area contributed by atoms with Gasteiger partial charge in [-0.15, -0.1) is 0 Å². The molecule has 1 amide bonds. The number of nitrogens with zero attached hydrogens (tertiary/aromatic N) is 1. The summed E-state index contributed by atoms with van der Waals surface area (Å²) in [5.74, 6) is 0.169. The summed E-state index contributed by atoms with van der Waals surface area (Å²) in [4.78, 5) is 13.8. The van der Waals surface area contributed by atoms with Gasteiger partial charge in [-0.1, -0.05) is 29.8 Å². The minimum atomic E-state index is -3.75. The molecule has 3 aromatic carbocycles. The summed E-state index contributed by atoms with van der Waals surface area (Å²) in [6.45, 7) is -0.166. The summed E-state index contributed by atoms with van der Waals surface area (Å²) in [5, 5.41) is 0.516. The highest BCUT2D eigenvalue weighted by Gasteiger charge is 2.15. The van der Waals surface area contributed by atoms with Crippen LogP contribution in [0.2, 0.25) is 5.02 Å². The Balaban J connectivity index is 1.61. The number of amides is 1. The van der Waals surface area contributed by atoms with Crippen molar-refractivity contribution in [2.45, 2.75) is 4.90 Å². The molecule has 1 N–H and O–H groups in total. The number of hydrogen-bond donors (Lipinski definition) is 1. The smallest absolute Gasteiger partial charge is 0.264 e. The second kappa shape index (κ2) is 8.98. The molecule has 0 unspecified atom stereocenters. The number of likely N-dealkylation sites (N-methyl/N-ethyl adjacent to an activating group) is 1. The Morgan fingerprint density at radius 1 is 0.966 bits per heavy atom. The number of ether oxygens (including phenoxy) is 1. The zero-order chi connectivity index (χ0) is 20.9. The predicted octanol–water partition coefficient (Wildman–Crippen LogP) is 4.18. The first kappa shape index (κ1) is 20.7. The fourth-order valence-corrected chi connectivity index (χ4v) is 3.67. The number of carbonyl (C=O) groups excluding carboxylic acids is 1. The minimum absolute atomic E-state index is 0.0764. The van der Waals surface area contributed by atoms with Crippen molar-refractivity contribution in [2.24, 2.45) is 0 Å². The molecule has 0 aliphatic carbocycles. The molecule has 0 aliphatic heterocycles. The summed E-state index contributed by atoms with van der Waals surface area (Å²) in [7, 11) is -2.08. The molecule has 0 bridgehead atoms. The van der Waals surface area contributed by atoms with Gasteiger partial charge in [-0.05, 0) is 60.7 Å². The monoisotopic (exact) mass is 430 g/mol. The van der Waals surface area contributed by atoms with Gasteiger partial charge in [0, 0.05) is 23.4 Å². The highest BCUT2D eigenvalue weighted by atomic mass is 35.5. The van der Waals surface area contributed by atoms with Crippen molar-refractivity contribution in [3.63, 3.8) is 0 Å². The van der Waals surface area contributed by atoms with E-state index in [2.05, 4.69) is 4.72 Å². The average Bonchev–Trinajstić information content (AvgIpc) is 2.74. The van der Waals surface area contributed by atoms with Gasteiger partial charge in [-0.2, -0.15) is 0 Å². The molecular weight excluding hydrogens is 412 g/mol. The SMILES string of the molecule is CN(C(=O)COc1ccc(S(=O)(=O)Nc2ccc(Cl)cc2)cc1)c1ccccc1. The Morgan fingerprint density at radius 3 is 2.21 bits per heavy atom. The maximum absolute atomic E-state index is 12.5. The standard InChI is InChI=1S/C21H19ClN2O4S/c1-24(18-5-3-2-4-6-18)21(25)15-28-19-11-13-20(14-12-19)29(26,27)23-17-9-7-16(22)8-10-17/h2-14,23H,15H2,1H3. The molecule has 3 aromatic rings. The van der Waals surface area contributed by atoms with E-state index in [4.69, 9.17) is 16.3 Å². The van der Waals surface area contributed by atoms with E-state index in [1.165, 1.54) is 29.2 Å². The number of para-hydroxylation sites is 1. The van der Waals surface area contributed by atoms with E-state index in [0.717, 1.165) is 5.69 Å². The van der Waals surface area contributed by atoms with Crippen LogP contribution in [0, 0.1) is 0 Å². The molecule has 0 aliphatic rings. The van der Waals surface area contributed by atoms with Gasteiger partial charge in [0.15, 0.2) is 6.61 Å². The minimum Gasteiger partial charge on any atom is -0.484 e. The summed E-state index contributed by atoms with van der Waals surface area (Å²) in [6.07, 6.45) is 0. The average molecular weight is 431 g/mol. The summed E-state index contributed by atoms with van der Waals surface area (Å²) in [6, 6.07) is 21.4. The Hall–Kier alpha value is -3.03. The van der Waals surface area contributed by atoms with Gasteiger partial charge in [-0.25, -0.2) is 8.42 Å². The molecule has 0 spiro atoms. The van der Waals surface area contributed by atoms with E-state index in [1.54, 1.807) is 31.3 Å². The maximum Gasteiger partial charge on any atom is 0.264 e. The summed E-state index contributed by atoms with van der Waals surface area (Å²) in [5.41, 5.74) is 1.17. The molecule has 0 fully saturated rings. The van der Waals surface area contributed by atoms with Crippen LogP contribution in [0.15, 0.2) is 83.8 Å². The lowest BCUT2D eigenvalue weighted by atomic mass is 10.3. The molecule has 0 heterocycles.